The van der Waals surface area contributed by atoms with Crippen LogP contribution in [0.15, 0.2) is 29.2 Å². The number of hydrogen-bond acceptors (Lipinski definition) is 3. The number of aromatic nitrogens is 1. The lowest BCUT2D eigenvalue weighted by molar-refractivity contribution is -0.117. The van der Waals surface area contributed by atoms with Crippen LogP contribution in [0.4, 0.5) is 0 Å². The minimum Gasteiger partial charge on any atom is -0.341 e. The molecule has 0 aliphatic heterocycles. The summed E-state index contributed by atoms with van der Waals surface area (Å²) in [6.45, 7) is 7.79. The van der Waals surface area contributed by atoms with Crippen LogP contribution < -0.4 is 4.72 Å². The SMILES string of the molecule is CC(=O)Cn1c(C)c(Cc2ccc(S(=O)(=O)NC(C)C)cc2)c2c1CCCC2. The molecule has 0 amide bonds. The monoisotopic (exact) mass is 402 g/mol. The normalized spacial score (nSPS) is 14.3. The van der Waals surface area contributed by atoms with Gasteiger partial charge in [0.1, 0.15) is 5.78 Å². The molecular formula is C22H30N2O3S. The third-order valence-corrected chi connectivity index (χ3v) is 7.03. The lowest BCUT2D eigenvalue weighted by Crippen LogP contribution is -2.30. The molecule has 152 valence electrons. The molecule has 2 aromatic rings. The van der Waals surface area contributed by atoms with E-state index in [2.05, 4.69) is 16.2 Å². The maximum Gasteiger partial charge on any atom is 0.240 e. The molecule has 1 N–H and O–H groups in total. The number of ketones is 1. The quantitative estimate of drug-likeness (QED) is 0.770. The van der Waals surface area contributed by atoms with Crippen LogP contribution in [0.5, 0.6) is 0 Å². The van der Waals surface area contributed by atoms with Gasteiger partial charge in [-0.2, -0.15) is 0 Å². The van der Waals surface area contributed by atoms with Gasteiger partial charge in [-0.3, -0.25) is 4.79 Å². The summed E-state index contributed by atoms with van der Waals surface area (Å²) in [5.74, 6) is 0.172. The lowest BCUT2D eigenvalue weighted by Gasteiger charge is -2.16. The van der Waals surface area contributed by atoms with E-state index in [4.69, 9.17) is 0 Å². The van der Waals surface area contributed by atoms with E-state index >= 15 is 0 Å². The van der Waals surface area contributed by atoms with Crippen LogP contribution >= 0.6 is 0 Å². The number of hydrogen-bond donors (Lipinski definition) is 1. The van der Waals surface area contributed by atoms with Gasteiger partial charge in [-0.05, 0) is 88.6 Å². The van der Waals surface area contributed by atoms with E-state index in [-0.39, 0.29) is 16.7 Å². The van der Waals surface area contributed by atoms with Gasteiger partial charge in [0.15, 0.2) is 0 Å². The Bertz CT molecular complexity index is 970. The Labute approximate surface area is 168 Å². The van der Waals surface area contributed by atoms with Crippen LogP contribution in [0.3, 0.4) is 0 Å². The van der Waals surface area contributed by atoms with Crippen molar-refractivity contribution in [3.8, 4) is 0 Å². The largest absolute Gasteiger partial charge is 0.341 e. The third-order valence-electron chi connectivity index (χ3n) is 5.36. The van der Waals surface area contributed by atoms with Gasteiger partial charge in [-0.25, -0.2) is 13.1 Å². The summed E-state index contributed by atoms with van der Waals surface area (Å²) in [4.78, 5) is 12.0. The van der Waals surface area contributed by atoms with Crippen LogP contribution in [0.25, 0.3) is 0 Å². The number of carbonyl (C=O) groups excluding carboxylic acids is 1. The minimum atomic E-state index is -3.47. The fraction of sp³-hybridized carbons (Fsp3) is 0.500. The summed E-state index contributed by atoms with van der Waals surface area (Å²) in [7, 11) is -3.47. The van der Waals surface area contributed by atoms with Gasteiger partial charge in [-0.1, -0.05) is 12.1 Å². The number of nitrogens with zero attached hydrogens (tertiary/aromatic N) is 1. The second kappa shape index (κ2) is 8.21. The molecule has 6 heteroatoms. The predicted octanol–water partition coefficient (Wildman–Crippen LogP) is 3.54. The van der Waals surface area contributed by atoms with Crippen molar-refractivity contribution >= 4 is 15.8 Å². The molecule has 28 heavy (non-hydrogen) atoms. The maximum absolute atomic E-state index is 12.3. The zero-order valence-corrected chi connectivity index (χ0v) is 18.0. The zero-order chi connectivity index (χ0) is 20.5. The maximum atomic E-state index is 12.3. The van der Waals surface area contributed by atoms with E-state index in [0.29, 0.717) is 6.54 Å². The Kier molecular flexibility index (Phi) is 6.10. The Balaban J connectivity index is 1.90. The van der Waals surface area contributed by atoms with Crippen molar-refractivity contribution in [1.82, 2.24) is 9.29 Å². The highest BCUT2D eigenvalue weighted by Gasteiger charge is 2.23. The molecule has 1 aromatic carbocycles. The third kappa shape index (κ3) is 4.39. The average Bonchev–Trinajstić information content (AvgIpc) is 2.87. The standard InChI is InChI=1S/C22H30N2O3S/c1-15(2)23-28(26,27)19-11-9-18(10-12-19)13-21-17(4)24(14-16(3)25)22-8-6-5-7-20(21)22/h9-12,15,23H,5-8,13-14H2,1-4H3. The highest BCUT2D eigenvalue weighted by molar-refractivity contribution is 7.89. The summed E-state index contributed by atoms with van der Waals surface area (Å²) in [6.07, 6.45) is 5.20. The van der Waals surface area contributed by atoms with Crippen LogP contribution in [-0.4, -0.2) is 24.8 Å². The highest BCUT2D eigenvalue weighted by atomic mass is 32.2. The fourth-order valence-corrected chi connectivity index (χ4v) is 5.39. The molecular weight excluding hydrogens is 372 g/mol. The first-order chi connectivity index (χ1) is 13.2. The Morgan fingerprint density at radius 3 is 2.39 bits per heavy atom. The van der Waals surface area contributed by atoms with E-state index < -0.39 is 10.0 Å². The number of sulfonamides is 1. The van der Waals surface area contributed by atoms with Gasteiger partial charge in [-0.15, -0.1) is 0 Å². The minimum absolute atomic E-state index is 0.139. The zero-order valence-electron chi connectivity index (χ0n) is 17.2. The van der Waals surface area contributed by atoms with Crippen molar-refractivity contribution in [1.29, 1.82) is 0 Å². The first kappa shape index (κ1) is 20.8. The van der Waals surface area contributed by atoms with Crippen molar-refractivity contribution in [3.05, 3.63) is 52.3 Å². The summed E-state index contributed by atoms with van der Waals surface area (Å²) in [6, 6.07) is 7.00. The van der Waals surface area contributed by atoms with Gasteiger partial charge in [0.05, 0.1) is 11.4 Å². The summed E-state index contributed by atoms with van der Waals surface area (Å²) in [5.41, 5.74) is 6.25. The fourth-order valence-electron chi connectivity index (χ4n) is 4.14. The number of carbonyl (C=O) groups is 1. The van der Waals surface area contributed by atoms with E-state index in [1.54, 1.807) is 19.1 Å². The Morgan fingerprint density at radius 2 is 1.79 bits per heavy atom. The first-order valence-corrected chi connectivity index (χ1v) is 11.5. The molecule has 1 aliphatic carbocycles. The molecule has 1 aliphatic rings. The average molecular weight is 403 g/mol. The number of benzene rings is 1. The highest BCUT2D eigenvalue weighted by Crippen LogP contribution is 2.31. The van der Waals surface area contributed by atoms with E-state index in [9.17, 15) is 13.2 Å². The molecule has 0 fully saturated rings. The Hall–Kier alpha value is -1.92. The van der Waals surface area contributed by atoms with Crippen molar-refractivity contribution in [2.45, 2.75) is 77.3 Å². The smallest absolute Gasteiger partial charge is 0.240 e. The van der Waals surface area contributed by atoms with Gasteiger partial charge in [0.2, 0.25) is 10.0 Å². The Morgan fingerprint density at radius 1 is 1.14 bits per heavy atom. The topological polar surface area (TPSA) is 68.2 Å². The van der Waals surface area contributed by atoms with Crippen molar-refractivity contribution in [3.63, 3.8) is 0 Å². The number of fused-ring (bicyclic) bond motifs is 1. The molecule has 1 heterocycles. The molecule has 0 spiro atoms. The summed E-state index contributed by atoms with van der Waals surface area (Å²) < 4.78 is 29.4. The second-order valence-electron chi connectivity index (χ2n) is 8.08. The molecule has 5 nitrogen and oxygen atoms in total. The van der Waals surface area contributed by atoms with Crippen molar-refractivity contribution < 1.29 is 13.2 Å². The summed E-state index contributed by atoms with van der Waals surface area (Å²) in [5, 5.41) is 0. The second-order valence-corrected chi connectivity index (χ2v) is 9.80. The van der Waals surface area contributed by atoms with Crippen molar-refractivity contribution in [2.75, 3.05) is 0 Å². The first-order valence-electron chi connectivity index (χ1n) is 9.99. The number of nitrogens with one attached hydrogen (secondary N) is 1. The molecule has 0 atom stereocenters. The molecule has 1 aromatic heterocycles. The molecule has 0 saturated heterocycles. The van der Waals surface area contributed by atoms with Gasteiger partial charge < -0.3 is 4.57 Å². The van der Waals surface area contributed by atoms with Gasteiger partial charge >= 0.3 is 0 Å². The lowest BCUT2D eigenvalue weighted by atomic mass is 9.92. The molecule has 0 saturated carbocycles. The predicted molar refractivity (Wildman–Crippen MR) is 111 cm³/mol. The van der Waals surface area contributed by atoms with Crippen LogP contribution in [0.1, 0.15) is 61.7 Å². The van der Waals surface area contributed by atoms with E-state index in [1.165, 1.54) is 35.4 Å². The van der Waals surface area contributed by atoms with Crippen LogP contribution in [-0.2, 0) is 40.6 Å². The molecule has 0 bridgehead atoms. The van der Waals surface area contributed by atoms with Crippen molar-refractivity contribution in [2.24, 2.45) is 0 Å². The number of Topliss-reactive ketones (excluding diaryl/α,β-unsaturated/α-hetero) is 1. The van der Waals surface area contributed by atoms with Crippen LogP contribution in [0.2, 0.25) is 0 Å². The van der Waals surface area contributed by atoms with E-state index in [1.807, 2.05) is 26.0 Å². The molecule has 0 unspecified atom stereocenters. The number of rotatable bonds is 7. The van der Waals surface area contributed by atoms with Gasteiger partial charge in [0.25, 0.3) is 0 Å². The molecule has 3 rings (SSSR count). The van der Waals surface area contributed by atoms with Gasteiger partial charge in [0, 0.05) is 17.4 Å². The van der Waals surface area contributed by atoms with Crippen LogP contribution in [0, 0.1) is 6.92 Å². The molecule has 0 radical (unpaired) electrons. The summed E-state index contributed by atoms with van der Waals surface area (Å²) >= 11 is 0. The van der Waals surface area contributed by atoms with E-state index in [0.717, 1.165) is 24.8 Å².